The molecule has 0 radical (unpaired) electrons. The SMILES string of the molecule is O=C(N/C=C/c1cccc(Br)c1)NC(c1ccccc1)c1ccccc1. The molecule has 26 heavy (non-hydrogen) atoms. The Morgan fingerprint density at radius 2 is 1.46 bits per heavy atom. The van der Waals surface area contributed by atoms with E-state index in [-0.39, 0.29) is 12.1 Å². The van der Waals surface area contributed by atoms with E-state index in [2.05, 4.69) is 26.6 Å². The lowest BCUT2D eigenvalue weighted by Crippen LogP contribution is -2.35. The maximum absolute atomic E-state index is 12.4. The highest BCUT2D eigenvalue weighted by molar-refractivity contribution is 9.10. The van der Waals surface area contributed by atoms with E-state index in [1.54, 1.807) is 6.20 Å². The third-order valence-electron chi connectivity index (χ3n) is 3.88. The van der Waals surface area contributed by atoms with Crippen LogP contribution in [0.15, 0.2) is 95.6 Å². The maximum Gasteiger partial charge on any atom is 0.319 e. The molecular weight excluding hydrogens is 388 g/mol. The fourth-order valence-electron chi connectivity index (χ4n) is 2.65. The summed E-state index contributed by atoms with van der Waals surface area (Å²) >= 11 is 3.43. The Balaban J connectivity index is 1.70. The van der Waals surface area contributed by atoms with Gasteiger partial charge in [-0.05, 0) is 34.9 Å². The van der Waals surface area contributed by atoms with Crippen LogP contribution >= 0.6 is 15.9 Å². The van der Waals surface area contributed by atoms with Crippen LogP contribution in [0.2, 0.25) is 0 Å². The molecule has 0 bridgehead atoms. The quantitative estimate of drug-likeness (QED) is 0.576. The average molecular weight is 407 g/mol. The Hall–Kier alpha value is -2.85. The molecule has 3 rings (SSSR count). The van der Waals surface area contributed by atoms with Gasteiger partial charge in [-0.3, -0.25) is 0 Å². The lowest BCUT2D eigenvalue weighted by molar-refractivity contribution is 0.242. The number of urea groups is 1. The van der Waals surface area contributed by atoms with Crippen molar-refractivity contribution in [3.05, 3.63) is 112 Å². The van der Waals surface area contributed by atoms with Gasteiger partial charge < -0.3 is 10.6 Å². The van der Waals surface area contributed by atoms with Crippen molar-refractivity contribution in [2.75, 3.05) is 0 Å². The average Bonchev–Trinajstić information content (AvgIpc) is 2.67. The first-order valence-electron chi connectivity index (χ1n) is 8.31. The Morgan fingerprint density at radius 3 is 2.04 bits per heavy atom. The van der Waals surface area contributed by atoms with E-state index < -0.39 is 0 Å². The molecule has 0 spiro atoms. The van der Waals surface area contributed by atoms with Gasteiger partial charge in [-0.2, -0.15) is 0 Å². The summed E-state index contributed by atoms with van der Waals surface area (Å²) in [5, 5.41) is 5.81. The van der Waals surface area contributed by atoms with E-state index in [0.717, 1.165) is 21.2 Å². The molecular formula is C22H19BrN2O. The lowest BCUT2D eigenvalue weighted by atomic mass is 9.99. The zero-order valence-electron chi connectivity index (χ0n) is 14.1. The number of rotatable bonds is 5. The summed E-state index contributed by atoms with van der Waals surface area (Å²) in [4.78, 5) is 12.4. The van der Waals surface area contributed by atoms with Crippen LogP contribution in [0.25, 0.3) is 6.08 Å². The van der Waals surface area contributed by atoms with Crippen molar-refractivity contribution in [3.63, 3.8) is 0 Å². The van der Waals surface area contributed by atoms with Crippen molar-refractivity contribution < 1.29 is 4.79 Å². The number of carbonyl (C=O) groups is 1. The van der Waals surface area contributed by atoms with Crippen LogP contribution < -0.4 is 10.6 Å². The van der Waals surface area contributed by atoms with Crippen LogP contribution in [0.1, 0.15) is 22.7 Å². The number of benzene rings is 3. The normalized spacial score (nSPS) is 10.8. The first-order chi connectivity index (χ1) is 12.7. The van der Waals surface area contributed by atoms with Gasteiger partial charge in [0.25, 0.3) is 0 Å². The van der Waals surface area contributed by atoms with E-state index in [9.17, 15) is 4.79 Å². The van der Waals surface area contributed by atoms with Crippen molar-refractivity contribution >= 4 is 28.0 Å². The minimum atomic E-state index is -0.256. The summed E-state index contributed by atoms with van der Waals surface area (Å²) in [6.07, 6.45) is 3.49. The largest absolute Gasteiger partial charge is 0.327 e. The molecule has 3 aromatic carbocycles. The fraction of sp³-hybridized carbons (Fsp3) is 0.0455. The third-order valence-corrected chi connectivity index (χ3v) is 4.37. The molecule has 2 amide bonds. The van der Waals surface area contributed by atoms with Crippen molar-refractivity contribution in [2.24, 2.45) is 0 Å². The number of hydrogen-bond acceptors (Lipinski definition) is 1. The van der Waals surface area contributed by atoms with Gasteiger partial charge in [0.2, 0.25) is 0 Å². The Morgan fingerprint density at radius 1 is 0.846 bits per heavy atom. The maximum atomic E-state index is 12.4. The van der Waals surface area contributed by atoms with Crippen LogP contribution in [0.5, 0.6) is 0 Å². The molecule has 3 aromatic rings. The molecule has 0 unspecified atom stereocenters. The molecule has 0 saturated carbocycles. The first-order valence-corrected chi connectivity index (χ1v) is 9.11. The van der Waals surface area contributed by atoms with E-state index in [4.69, 9.17) is 0 Å². The highest BCUT2D eigenvalue weighted by atomic mass is 79.9. The highest BCUT2D eigenvalue weighted by Crippen LogP contribution is 2.21. The van der Waals surface area contributed by atoms with Gasteiger partial charge >= 0.3 is 6.03 Å². The van der Waals surface area contributed by atoms with Crippen LogP contribution in [0.3, 0.4) is 0 Å². The third kappa shape index (κ3) is 5.07. The van der Waals surface area contributed by atoms with E-state index >= 15 is 0 Å². The van der Waals surface area contributed by atoms with Crippen molar-refractivity contribution in [1.82, 2.24) is 10.6 Å². The second-order valence-corrected chi connectivity index (χ2v) is 6.68. The summed E-state index contributed by atoms with van der Waals surface area (Å²) in [6.45, 7) is 0. The van der Waals surface area contributed by atoms with Crippen LogP contribution in [0, 0.1) is 0 Å². The molecule has 0 aliphatic rings. The summed E-state index contributed by atoms with van der Waals surface area (Å²) in [5.41, 5.74) is 3.07. The van der Waals surface area contributed by atoms with Crippen LogP contribution in [-0.4, -0.2) is 6.03 Å². The van der Waals surface area contributed by atoms with Gasteiger partial charge in [-0.15, -0.1) is 0 Å². The second kappa shape index (κ2) is 9.02. The summed E-state index contributed by atoms with van der Waals surface area (Å²) in [6, 6.07) is 27.2. The molecule has 0 atom stereocenters. The van der Waals surface area contributed by atoms with E-state index in [0.29, 0.717) is 0 Å². The van der Waals surface area contributed by atoms with E-state index in [1.807, 2.05) is 91.0 Å². The van der Waals surface area contributed by atoms with Gasteiger partial charge in [0.15, 0.2) is 0 Å². The van der Waals surface area contributed by atoms with Crippen molar-refractivity contribution in [1.29, 1.82) is 0 Å². The van der Waals surface area contributed by atoms with E-state index in [1.165, 1.54) is 0 Å². The van der Waals surface area contributed by atoms with Crippen molar-refractivity contribution in [3.8, 4) is 0 Å². The monoisotopic (exact) mass is 406 g/mol. The predicted molar refractivity (Wildman–Crippen MR) is 110 cm³/mol. The minimum Gasteiger partial charge on any atom is -0.327 e. The molecule has 0 heterocycles. The van der Waals surface area contributed by atoms with Crippen LogP contribution in [0.4, 0.5) is 4.79 Å². The Kier molecular flexibility index (Phi) is 6.23. The molecule has 0 fully saturated rings. The molecule has 3 nitrogen and oxygen atoms in total. The summed E-state index contributed by atoms with van der Waals surface area (Å²) in [7, 11) is 0. The first kappa shape index (κ1) is 18.0. The lowest BCUT2D eigenvalue weighted by Gasteiger charge is -2.19. The van der Waals surface area contributed by atoms with Crippen LogP contribution in [-0.2, 0) is 0 Å². The molecule has 0 aromatic heterocycles. The van der Waals surface area contributed by atoms with Gasteiger partial charge in [-0.25, -0.2) is 4.79 Å². The Labute approximate surface area is 161 Å². The Bertz CT molecular complexity index is 839. The highest BCUT2D eigenvalue weighted by Gasteiger charge is 2.15. The summed E-state index contributed by atoms with van der Waals surface area (Å²) in [5.74, 6) is 0. The molecule has 4 heteroatoms. The molecule has 0 aliphatic heterocycles. The molecule has 2 N–H and O–H groups in total. The molecule has 130 valence electrons. The number of nitrogens with one attached hydrogen (secondary N) is 2. The smallest absolute Gasteiger partial charge is 0.319 e. The molecule has 0 aliphatic carbocycles. The van der Waals surface area contributed by atoms with Gasteiger partial charge in [0.1, 0.15) is 0 Å². The standard InChI is InChI=1S/C22H19BrN2O/c23-20-13-7-8-17(16-20)14-15-24-22(26)25-21(18-9-3-1-4-10-18)19-11-5-2-6-12-19/h1-16,21H,(H2,24,25,26)/b15-14+. The number of carbonyl (C=O) groups excluding carboxylic acids is 1. The summed E-state index contributed by atoms with van der Waals surface area (Å²) < 4.78 is 0.998. The van der Waals surface area contributed by atoms with Crippen molar-refractivity contribution in [2.45, 2.75) is 6.04 Å². The van der Waals surface area contributed by atoms with Gasteiger partial charge in [0, 0.05) is 10.7 Å². The minimum absolute atomic E-state index is 0.211. The fourth-order valence-corrected chi connectivity index (χ4v) is 3.06. The van der Waals surface area contributed by atoms with Gasteiger partial charge in [0.05, 0.1) is 6.04 Å². The second-order valence-electron chi connectivity index (χ2n) is 5.76. The predicted octanol–water partition coefficient (Wildman–Crippen LogP) is 5.51. The number of hydrogen-bond donors (Lipinski definition) is 2. The zero-order valence-corrected chi connectivity index (χ0v) is 15.7. The number of amides is 2. The number of halogens is 1. The topological polar surface area (TPSA) is 41.1 Å². The molecule has 0 saturated heterocycles. The zero-order chi connectivity index (χ0) is 18.2. The van der Waals surface area contributed by atoms with Gasteiger partial charge in [-0.1, -0.05) is 88.7 Å².